The Labute approximate surface area is 263 Å². The number of carbonyl (C=O) groups excluding carboxylic acids is 2. The molecule has 0 aliphatic heterocycles. The summed E-state index contributed by atoms with van der Waals surface area (Å²) in [6, 6.07) is 32.5. The van der Waals surface area contributed by atoms with Gasteiger partial charge in [-0.2, -0.15) is 13.2 Å². The number of rotatable bonds is 10. The number of fused-ring (bicyclic) bond motifs is 3. The Hall–Kier alpha value is -4.69. The standard InChI is InChI=1S/C22H23F3N2O.C13H10O.C2H7N/c1-2-26-14-8-7-13-21(20(28)27-15-22(23,24)25)18-11-5-3-9-16(18)17-10-4-6-12-19(17)21;14-10-12-8-4-5-9-13(12)11-6-2-1-3-7-11;1-3-2/h2-6,9-12,26H,1,7-8,13-15H2,(H,27,28);1-10H;3H,1-2H3. The van der Waals surface area contributed by atoms with Crippen LogP contribution in [-0.2, 0) is 10.2 Å². The highest BCUT2D eigenvalue weighted by molar-refractivity contribution is 6.00. The quantitative estimate of drug-likeness (QED) is 0.127. The molecule has 45 heavy (non-hydrogen) atoms. The van der Waals surface area contributed by atoms with Crippen molar-refractivity contribution >= 4 is 12.2 Å². The first-order valence-electron chi connectivity index (χ1n) is 14.8. The number of aldehydes is 1. The van der Waals surface area contributed by atoms with E-state index in [2.05, 4.69) is 22.5 Å². The molecule has 0 heterocycles. The van der Waals surface area contributed by atoms with Crippen LogP contribution in [0.4, 0.5) is 13.2 Å². The highest BCUT2D eigenvalue weighted by Crippen LogP contribution is 2.51. The summed E-state index contributed by atoms with van der Waals surface area (Å²) in [5.41, 5.74) is 5.04. The van der Waals surface area contributed by atoms with Gasteiger partial charge in [-0.15, -0.1) is 0 Å². The fourth-order valence-corrected chi connectivity index (χ4v) is 5.48. The van der Waals surface area contributed by atoms with Crippen molar-refractivity contribution in [2.75, 3.05) is 27.2 Å². The van der Waals surface area contributed by atoms with Gasteiger partial charge in [0.15, 0.2) is 6.29 Å². The van der Waals surface area contributed by atoms with Gasteiger partial charge in [0.1, 0.15) is 12.0 Å². The minimum atomic E-state index is -4.46. The summed E-state index contributed by atoms with van der Waals surface area (Å²) >= 11 is 0. The van der Waals surface area contributed by atoms with Gasteiger partial charge < -0.3 is 16.0 Å². The largest absolute Gasteiger partial charge is 0.405 e. The Kier molecular flexibility index (Phi) is 13.1. The van der Waals surface area contributed by atoms with Crippen LogP contribution >= 0.6 is 0 Å². The van der Waals surface area contributed by atoms with Crippen molar-refractivity contribution in [1.29, 1.82) is 0 Å². The number of carbonyl (C=O) groups is 2. The van der Waals surface area contributed by atoms with Crippen LogP contribution in [0, 0.1) is 0 Å². The molecule has 0 saturated heterocycles. The second kappa shape index (κ2) is 17.0. The summed E-state index contributed by atoms with van der Waals surface area (Å²) in [6.07, 6.45) is -0.0617. The van der Waals surface area contributed by atoms with Gasteiger partial charge in [0.05, 0.1) is 0 Å². The second-order valence-electron chi connectivity index (χ2n) is 10.5. The van der Waals surface area contributed by atoms with Crippen molar-refractivity contribution in [2.24, 2.45) is 0 Å². The van der Waals surface area contributed by atoms with E-state index in [4.69, 9.17) is 0 Å². The topological polar surface area (TPSA) is 70.2 Å². The number of hydrogen-bond acceptors (Lipinski definition) is 4. The number of benzene rings is 4. The fourth-order valence-electron chi connectivity index (χ4n) is 5.48. The highest BCUT2D eigenvalue weighted by Gasteiger charge is 2.49. The van der Waals surface area contributed by atoms with Crippen molar-refractivity contribution in [3.8, 4) is 22.3 Å². The lowest BCUT2D eigenvalue weighted by atomic mass is 9.73. The third-order valence-corrected chi connectivity index (χ3v) is 7.34. The molecule has 1 aliphatic rings. The third-order valence-electron chi connectivity index (χ3n) is 7.34. The van der Waals surface area contributed by atoms with Crippen LogP contribution in [0.2, 0.25) is 0 Å². The van der Waals surface area contributed by atoms with Crippen LogP contribution in [0.3, 0.4) is 0 Å². The van der Waals surface area contributed by atoms with Crippen molar-refractivity contribution in [3.63, 3.8) is 0 Å². The van der Waals surface area contributed by atoms with Crippen LogP contribution in [-0.4, -0.2) is 45.6 Å². The maximum Gasteiger partial charge on any atom is 0.405 e. The number of unbranched alkanes of at least 4 members (excludes halogenated alkanes) is 1. The van der Waals surface area contributed by atoms with Gasteiger partial charge in [0.25, 0.3) is 0 Å². The van der Waals surface area contributed by atoms with Gasteiger partial charge in [-0.3, -0.25) is 9.59 Å². The van der Waals surface area contributed by atoms with E-state index in [0.717, 1.165) is 51.7 Å². The maximum atomic E-state index is 13.2. The van der Waals surface area contributed by atoms with Crippen molar-refractivity contribution in [1.82, 2.24) is 16.0 Å². The molecule has 0 saturated carbocycles. The molecule has 1 aliphatic carbocycles. The molecule has 8 heteroatoms. The zero-order valence-electron chi connectivity index (χ0n) is 25.7. The van der Waals surface area contributed by atoms with E-state index in [1.54, 1.807) is 6.20 Å². The van der Waals surface area contributed by atoms with Crippen LogP contribution in [0.5, 0.6) is 0 Å². The van der Waals surface area contributed by atoms with Crippen LogP contribution in [0.1, 0.15) is 40.7 Å². The zero-order valence-corrected chi connectivity index (χ0v) is 25.7. The summed E-state index contributed by atoms with van der Waals surface area (Å²) in [7, 11) is 3.75. The summed E-state index contributed by atoms with van der Waals surface area (Å²) in [5, 5.41) is 7.91. The van der Waals surface area contributed by atoms with Crippen LogP contribution in [0.15, 0.2) is 116 Å². The van der Waals surface area contributed by atoms with Gasteiger partial charge in [-0.05, 0) is 72.9 Å². The molecule has 0 spiro atoms. The van der Waals surface area contributed by atoms with Crippen LogP contribution < -0.4 is 16.0 Å². The molecule has 0 unspecified atom stereocenters. The van der Waals surface area contributed by atoms with Gasteiger partial charge >= 0.3 is 6.18 Å². The smallest absolute Gasteiger partial charge is 0.391 e. The first-order valence-corrected chi connectivity index (χ1v) is 14.8. The predicted molar refractivity (Wildman–Crippen MR) is 176 cm³/mol. The zero-order chi connectivity index (χ0) is 32.7. The average Bonchev–Trinajstić information content (AvgIpc) is 3.35. The molecule has 0 aromatic heterocycles. The Morgan fingerprint density at radius 3 is 1.82 bits per heavy atom. The molecule has 236 valence electrons. The molecule has 5 nitrogen and oxygen atoms in total. The Morgan fingerprint density at radius 2 is 1.29 bits per heavy atom. The predicted octanol–water partition coefficient (Wildman–Crippen LogP) is 7.54. The number of alkyl halides is 3. The van der Waals surface area contributed by atoms with E-state index in [1.807, 2.05) is 117 Å². The SMILES string of the molecule is C=CNCCCCC1(C(=O)NCC(F)(F)F)c2ccccc2-c2ccccc21.CNC.O=Cc1ccccc1-c1ccccc1. The first-order chi connectivity index (χ1) is 21.7. The summed E-state index contributed by atoms with van der Waals surface area (Å²) in [4.78, 5) is 24.0. The summed E-state index contributed by atoms with van der Waals surface area (Å²) in [6.45, 7) is 2.97. The number of halogens is 3. The molecule has 0 fully saturated rings. The van der Waals surface area contributed by atoms with Crippen molar-refractivity contribution in [3.05, 3.63) is 133 Å². The van der Waals surface area contributed by atoms with E-state index in [0.29, 0.717) is 19.4 Å². The van der Waals surface area contributed by atoms with E-state index >= 15 is 0 Å². The molecule has 4 aromatic rings. The Bertz CT molecular complexity index is 1490. The summed E-state index contributed by atoms with van der Waals surface area (Å²) < 4.78 is 38.3. The van der Waals surface area contributed by atoms with Gasteiger partial charge in [0, 0.05) is 12.1 Å². The minimum Gasteiger partial charge on any atom is -0.391 e. The Morgan fingerprint density at radius 1 is 0.778 bits per heavy atom. The first kappa shape index (κ1) is 34.8. The van der Waals surface area contributed by atoms with E-state index < -0.39 is 24.0 Å². The lowest BCUT2D eigenvalue weighted by Crippen LogP contribution is -2.47. The molecule has 5 rings (SSSR count). The molecular formula is C37H40F3N3O2. The van der Waals surface area contributed by atoms with E-state index in [-0.39, 0.29) is 0 Å². The normalized spacial score (nSPS) is 12.2. The number of hydrogen-bond donors (Lipinski definition) is 3. The van der Waals surface area contributed by atoms with Gasteiger partial charge in [0.2, 0.25) is 5.91 Å². The van der Waals surface area contributed by atoms with Crippen molar-refractivity contribution < 1.29 is 22.8 Å². The van der Waals surface area contributed by atoms with Crippen LogP contribution in [0.25, 0.3) is 22.3 Å². The van der Waals surface area contributed by atoms with E-state index in [1.165, 1.54) is 0 Å². The van der Waals surface area contributed by atoms with Gasteiger partial charge in [-0.25, -0.2) is 0 Å². The fraction of sp³-hybridized carbons (Fsp3) is 0.243. The monoisotopic (exact) mass is 615 g/mol. The lowest BCUT2D eigenvalue weighted by molar-refractivity contribution is -0.141. The number of nitrogens with one attached hydrogen (secondary N) is 3. The molecule has 0 atom stereocenters. The molecule has 0 radical (unpaired) electrons. The van der Waals surface area contributed by atoms with Gasteiger partial charge in [-0.1, -0.05) is 110 Å². The molecule has 4 aromatic carbocycles. The lowest BCUT2D eigenvalue weighted by Gasteiger charge is -2.31. The maximum absolute atomic E-state index is 13.2. The second-order valence-corrected chi connectivity index (χ2v) is 10.5. The molecule has 1 amide bonds. The molecule has 0 bridgehead atoms. The van der Waals surface area contributed by atoms with Crippen molar-refractivity contribution in [2.45, 2.75) is 30.9 Å². The summed E-state index contributed by atoms with van der Waals surface area (Å²) in [5.74, 6) is -0.598. The molecular weight excluding hydrogens is 575 g/mol. The Balaban J connectivity index is 0.000000270. The average molecular weight is 616 g/mol. The van der Waals surface area contributed by atoms with E-state index in [9.17, 15) is 22.8 Å². The minimum absolute atomic E-state index is 0.434. The molecule has 3 N–H and O–H groups in total. The number of amides is 1. The third kappa shape index (κ3) is 8.92. The highest BCUT2D eigenvalue weighted by atomic mass is 19.4.